The summed E-state index contributed by atoms with van der Waals surface area (Å²) in [5, 5.41) is 20.5. The number of aliphatic hydroxyl groups excluding tert-OH is 1. The molecule has 1 atom stereocenters. The number of hydrogen-bond donors (Lipinski definition) is 3. The Hall–Kier alpha value is -1.10. The fourth-order valence-corrected chi connectivity index (χ4v) is 1.96. The zero-order chi connectivity index (χ0) is 12.2. The van der Waals surface area contributed by atoms with E-state index in [9.17, 15) is 9.59 Å². The van der Waals surface area contributed by atoms with Crippen molar-refractivity contribution in [3.05, 3.63) is 0 Å². The number of hydrogen-bond acceptors (Lipinski definition) is 3. The van der Waals surface area contributed by atoms with Crippen LogP contribution in [-0.2, 0) is 9.59 Å². The lowest BCUT2D eigenvalue weighted by atomic mass is 9.77. The molecule has 0 spiro atoms. The van der Waals surface area contributed by atoms with Crippen LogP contribution >= 0.6 is 0 Å². The number of amides is 1. The van der Waals surface area contributed by atoms with Crippen LogP contribution in [-0.4, -0.2) is 34.2 Å². The zero-order valence-corrected chi connectivity index (χ0v) is 9.53. The SMILES string of the molecule is CC(CC(=O)O)CC(=O)NC1(CO)CCC1. The van der Waals surface area contributed by atoms with Crippen LogP contribution in [0.15, 0.2) is 0 Å². The molecule has 1 unspecified atom stereocenters. The number of rotatable bonds is 6. The van der Waals surface area contributed by atoms with Gasteiger partial charge in [-0.25, -0.2) is 0 Å². The van der Waals surface area contributed by atoms with Crippen molar-refractivity contribution in [2.24, 2.45) is 5.92 Å². The molecule has 3 N–H and O–H groups in total. The Balaban J connectivity index is 2.32. The average Bonchev–Trinajstić information content (AvgIpc) is 2.09. The fourth-order valence-electron chi connectivity index (χ4n) is 1.96. The highest BCUT2D eigenvalue weighted by atomic mass is 16.4. The summed E-state index contributed by atoms with van der Waals surface area (Å²) < 4.78 is 0. The van der Waals surface area contributed by atoms with Gasteiger partial charge in [0.1, 0.15) is 0 Å². The lowest BCUT2D eigenvalue weighted by Crippen LogP contribution is -2.56. The summed E-state index contributed by atoms with van der Waals surface area (Å²) in [5.41, 5.74) is -0.431. The molecule has 0 aromatic rings. The van der Waals surface area contributed by atoms with Crippen LogP contribution in [0.4, 0.5) is 0 Å². The Morgan fingerprint density at radius 2 is 2.00 bits per heavy atom. The predicted octanol–water partition coefficient (Wildman–Crippen LogP) is 0.518. The second-order valence-electron chi connectivity index (χ2n) is 4.75. The molecule has 5 nitrogen and oxygen atoms in total. The Bertz CT molecular complexity index is 268. The Morgan fingerprint density at radius 1 is 1.38 bits per heavy atom. The largest absolute Gasteiger partial charge is 0.481 e. The van der Waals surface area contributed by atoms with E-state index in [-0.39, 0.29) is 31.3 Å². The molecule has 5 heteroatoms. The van der Waals surface area contributed by atoms with E-state index in [4.69, 9.17) is 10.2 Å². The van der Waals surface area contributed by atoms with E-state index in [1.54, 1.807) is 6.92 Å². The molecule has 1 aliphatic rings. The van der Waals surface area contributed by atoms with Gasteiger partial charge in [0.2, 0.25) is 5.91 Å². The molecule has 0 heterocycles. The molecule has 0 aromatic carbocycles. The third kappa shape index (κ3) is 3.48. The number of aliphatic hydroxyl groups is 1. The van der Waals surface area contributed by atoms with Crippen molar-refractivity contribution in [1.29, 1.82) is 0 Å². The molecule has 0 aromatic heterocycles. The molecule has 16 heavy (non-hydrogen) atoms. The number of carbonyl (C=O) groups excluding carboxylic acids is 1. The standard InChI is InChI=1S/C11H19NO4/c1-8(6-10(15)16)5-9(14)12-11(7-13)3-2-4-11/h8,13H,2-7H2,1H3,(H,12,14)(H,15,16). The molecule has 0 radical (unpaired) electrons. The predicted molar refractivity (Wildman–Crippen MR) is 57.8 cm³/mol. The van der Waals surface area contributed by atoms with E-state index in [1.807, 2.05) is 0 Å². The lowest BCUT2D eigenvalue weighted by molar-refractivity contribution is -0.138. The summed E-state index contributed by atoms with van der Waals surface area (Å²) in [6.07, 6.45) is 2.84. The first-order valence-electron chi connectivity index (χ1n) is 5.61. The van der Waals surface area contributed by atoms with Crippen molar-refractivity contribution in [3.63, 3.8) is 0 Å². The minimum Gasteiger partial charge on any atom is -0.481 e. The number of aliphatic carboxylic acids is 1. The maximum Gasteiger partial charge on any atom is 0.303 e. The van der Waals surface area contributed by atoms with Crippen LogP contribution in [0.5, 0.6) is 0 Å². The van der Waals surface area contributed by atoms with Crippen LogP contribution < -0.4 is 5.32 Å². The fraction of sp³-hybridized carbons (Fsp3) is 0.818. The highest BCUT2D eigenvalue weighted by molar-refractivity contribution is 5.78. The average molecular weight is 229 g/mol. The van der Waals surface area contributed by atoms with Gasteiger partial charge in [0.05, 0.1) is 12.1 Å². The van der Waals surface area contributed by atoms with Gasteiger partial charge in [-0.05, 0) is 25.2 Å². The van der Waals surface area contributed by atoms with Gasteiger partial charge in [-0.15, -0.1) is 0 Å². The molecular weight excluding hydrogens is 210 g/mol. The van der Waals surface area contributed by atoms with Gasteiger partial charge in [0.15, 0.2) is 0 Å². The van der Waals surface area contributed by atoms with E-state index >= 15 is 0 Å². The number of nitrogens with one attached hydrogen (secondary N) is 1. The maximum atomic E-state index is 11.6. The first-order chi connectivity index (χ1) is 7.47. The smallest absolute Gasteiger partial charge is 0.303 e. The zero-order valence-electron chi connectivity index (χ0n) is 9.53. The van der Waals surface area contributed by atoms with Crippen molar-refractivity contribution >= 4 is 11.9 Å². The Labute approximate surface area is 94.8 Å². The molecule has 1 amide bonds. The van der Waals surface area contributed by atoms with Crippen molar-refractivity contribution in [2.45, 2.75) is 44.6 Å². The van der Waals surface area contributed by atoms with Crippen LogP contribution in [0.2, 0.25) is 0 Å². The van der Waals surface area contributed by atoms with Crippen molar-refractivity contribution in [1.82, 2.24) is 5.32 Å². The summed E-state index contributed by atoms with van der Waals surface area (Å²) in [6.45, 7) is 1.70. The first kappa shape index (κ1) is 13.0. The normalized spacial score (nSPS) is 19.6. The van der Waals surface area contributed by atoms with Gasteiger partial charge >= 0.3 is 5.97 Å². The topological polar surface area (TPSA) is 86.6 Å². The van der Waals surface area contributed by atoms with Crippen LogP contribution in [0, 0.1) is 5.92 Å². The second kappa shape index (κ2) is 5.30. The summed E-state index contributed by atoms with van der Waals surface area (Å²) in [4.78, 5) is 22.0. The van der Waals surface area contributed by atoms with Gasteiger partial charge in [0, 0.05) is 12.8 Å². The minimum absolute atomic E-state index is 0.000451. The summed E-state index contributed by atoms with van der Waals surface area (Å²) in [5.74, 6) is -1.23. The molecule has 1 rings (SSSR count). The van der Waals surface area contributed by atoms with E-state index in [0.29, 0.717) is 0 Å². The summed E-state index contributed by atoms with van der Waals surface area (Å²) in [7, 11) is 0. The molecular formula is C11H19NO4. The van der Waals surface area contributed by atoms with Gasteiger partial charge in [0.25, 0.3) is 0 Å². The Kier molecular flexibility index (Phi) is 4.29. The van der Waals surface area contributed by atoms with Crippen LogP contribution in [0.25, 0.3) is 0 Å². The molecule has 0 aliphatic heterocycles. The maximum absolute atomic E-state index is 11.6. The van der Waals surface area contributed by atoms with Crippen molar-refractivity contribution < 1.29 is 19.8 Å². The lowest BCUT2D eigenvalue weighted by Gasteiger charge is -2.41. The minimum atomic E-state index is -0.888. The molecule has 0 bridgehead atoms. The monoisotopic (exact) mass is 229 g/mol. The molecule has 1 aliphatic carbocycles. The van der Waals surface area contributed by atoms with Crippen molar-refractivity contribution in [2.75, 3.05) is 6.61 Å². The first-order valence-corrected chi connectivity index (χ1v) is 5.61. The van der Waals surface area contributed by atoms with E-state index < -0.39 is 11.5 Å². The molecule has 1 saturated carbocycles. The molecule has 1 fully saturated rings. The van der Waals surface area contributed by atoms with E-state index in [2.05, 4.69) is 5.32 Å². The highest BCUT2D eigenvalue weighted by Gasteiger charge is 2.37. The quantitative estimate of drug-likeness (QED) is 0.619. The summed E-state index contributed by atoms with van der Waals surface area (Å²) in [6, 6.07) is 0. The van der Waals surface area contributed by atoms with Gasteiger partial charge in [-0.3, -0.25) is 9.59 Å². The van der Waals surface area contributed by atoms with Crippen LogP contribution in [0.1, 0.15) is 39.0 Å². The van der Waals surface area contributed by atoms with Gasteiger partial charge < -0.3 is 15.5 Å². The third-order valence-corrected chi connectivity index (χ3v) is 3.07. The van der Waals surface area contributed by atoms with Crippen LogP contribution in [0.3, 0.4) is 0 Å². The number of carbonyl (C=O) groups is 2. The molecule has 92 valence electrons. The Morgan fingerprint density at radius 3 is 2.38 bits per heavy atom. The second-order valence-corrected chi connectivity index (χ2v) is 4.75. The number of carboxylic acids is 1. The van der Waals surface area contributed by atoms with Gasteiger partial charge in [-0.2, -0.15) is 0 Å². The van der Waals surface area contributed by atoms with E-state index in [1.165, 1.54) is 0 Å². The van der Waals surface area contributed by atoms with E-state index in [0.717, 1.165) is 19.3 Å². The van der Waals surface area contributed by atoms with Gasteiger partial charge in [-0.1, -0.05) is 6.92 Å². The molecule has 0 saturated heterocycles. The summed E-state index contributed by atoms with van der Waals surface area (Å²) >= 11 is 0. The third-order valence-electron chi connectivity index (χ3n) is 3.07. The number of carboxylic acid groups (broad SMARTS) is 1. The highest BCUT2D eigenvalue weighted by Crippen LogP contribution is 2.31. The van der Waals surface area contributed by atoms with Crippen molar-refractivity contribution in [3.8, 4) is 0 Å².